The zero-order valence-electron chi connectivity index (χ0n) is 11.0. The first kappa shape index (κ1) is 14.6. The maximum Gasteiger partial charge on any atom is 0.422 e. The standard InChI is InChI=1S/C12H17N3O4S/c1-19-12(16)15-20(17,18)14-11-4-2-9(3-5-11)8-13-10-6-7-10/h2-5,10,13-14H,6-8H2,1H3,(H,15,16). The molecule has 0 spiro atoms. The van der Waals surface area contributed by atoms with Gasteiger partial charge in [0.05, 0.1) is 12.8 Å². The van der Waals surface area contributed by atoms with Crippen LogP contribution in [-0.2, 0) is 21.5 Å². The Balaban J connectivity index is 1.90. The summed E-state index contributed by atoms with van der Waals surface area (Å²) in [5.41, 5.74) is 1.44. The van der Waals surface area contributed by atoms with E-state index in [0.29, 0.717) is 11.7 Å². The van der Waals surface area contributed by atoms with Gasteiger partial charge in [0.15, 0.2) is 0 Å². The van der Waals surface area contributed by atoms with Gasteiger partial charge in [-0.1, -0.05) is 12.1 Å². The van der Waals surface area contributed by atoms with E-state index in [2.05, 4.69) is 14.8 Å². The summed E-state index contributed by atoms with van der Waals surface area (Å²) in [4.78, 5) is 10.9. The van der Waals surface area contributed by atoms with Crippen LogP contribution in [-0.4, -0.2) is 27.7 Å². The van der Waals surface area contributed by atoms with Crippen LogP contribution in [0.25, 0.3) is 0 Å². The van der Waals surface area contributed by atoms with Crippen molar-refractivity contribution in [2.24, 2.45) is 0 Å². The van der Waals surface area contributed by atoms with Gasteiger partial charge in [0.2, 0.25) is 0 Å². The van der Waals surface area contributed by atoms with Crippen molar-refractivity contribution >= 4 is 22.0 Å². The highest BCUT2D eigenvalue weighted by atomic mass is 32.2. The van der Waals surface area contributed by atoms with Gasteiger partial charge < -0.3 is 10.1 Å². The minimum atomic E-state index is -3.96. The van der Waals surface area contributed by atoms with Crippen molar-refractivity contribution in [1.29, 1.82) is 0 Å². The number of nitrogens with one attached hydrogen (secondary N) is 3. The van der Waals surface area contributed by atoms with E-state index in [0.717, 1.165) is 19.2 Å². The molecule has 1 amide bonds. The Morgan fingerprint density at radius 1 is 1.30 bits per heavy atom. The lowest BCUT2D eigenvalue weighted by Gasteiger charge is -2.09. The monoisotopic (exact) mass is 299 g/mol. The minimum Gasteiger partial charge on any atom is -0.452 e. The first-order valence-electron chi connectivity index (χ1n) is 6.19. The molecule has 110 valence electrons. The molecule has 2 rings (SSSR count). The number of methoxy groups -OCH3 is 1. The molecule has 3 N–H and O–H groups in total. The van der Waals surface area contributed by atoms with E-state index in [1.807, 2.05) is 12.1 Å². The first-order valence-corrected chi connectivity index (χ1v) is 7.67. The van der Waals surface area contributed by atoms with Crippen molar-refractivity contribution in [2.45, 2.75) is 25.4 Å². The fourth-order valence-electron chi connectivity index (χ4n) is 1.57. The number of anilines is 1. The van der Waals surface area contributed by atoms with Crippen molar-refractivity contribution < 1.29 is 17.9 Å². The van der Waals surface area contributed by atoms with E-state index in [4.69, 9.17) is 0 Å². The van der Waals surface area contributed by atoms with Crippen molar-refractivity contribution in [1.82, 2.24) is 10.0 Å². The highest BCUT2D eigenvalue weighted by Crippen LogP contribution is 2.19. The number of rotatable bonds is 6. The smallest absolute Gasteiger partial charge is 0.422 e. The highest BCUT2D eigenvalue weighted by molar-refractivity contribution is 7.91. The van der Waals surface area contributed by atoms with Crippen LogP contribution < -0.4 is 14.8 Å². The number of hydrogen-bond acceptors (Lipinski definition) is 5. The van der Waals surface area contributed by atoms with Crippen LogP contribution in [0.1, 0.15) is 18.4 Å². The van der Waals surface area contributed by atoms with Gasteiger partial charge >= 0.3 is 16.3 Å². The SMILES string of the molecule is COC(=O)NS(=O)(=O)Nc1ccc(CNC2CC2)cc1. The topological polar surface area (TPSA) is 96.5 Å². The lowest BCUT2D eigenvalue weighted by atomic mass is 10.2. The van der Waals surface area contributed by atoms with E-state index in [1.165, 1.54) is 12.8 Å². The Hall–Kier alpha value is -1.80. The number of carbonyl (C=O) groups is 1. The summed E-state index contributed by atoms with van der Waals surface area (Å²) in [7, 11) is -2.87. The number of benzene rings is 1. The molecule has 0 saturated heterocycles. The number of hydrogen-bond donors (Lipinski definition) is 3. The Bertz CT molecular complexity index is 567. The molecule has 1 saturated carbocycles. The lowest BCUT2D eigenvalue weighted by Crippen LogP contribution is -2.35. The molecular weight excluding hydrogens is 282 g/mol. The normalized spacial score (nSPS) is 14.7. The zero-order valence-corrected chi connectivity index (χ0v) is 11.9. The molecule has 1 fully saturated rings. The maximum atomic E-state index is 11.5. The summed E-state index contributed by atoms with van der Waals surface area (Å²) in [5.74, 6) is 0. The summed E-state index contributed by atoms with van der Waals surface area (Å²) in [6.07, 6.45) is 1.40. The van der Waals surface area contributed by atoms with Gasteiger partial charge in [-0.3, -0.25) is 4.72 Å². The lowest BCUT2D eigenvalue weighted by molar-refractivity contribution is 0.177. The second-order valence-corrected chi connectivity index (χ2v) is 5.97. The molecule has 20 heavy (non-hydrogen) atoms. The Labute approximate surface area is 117 Å². The highest BCUT2D eigenvalue weighted by Gasteiger charge is 2.20. The third-order valence-corrected chi connectivity index (χ3v) is 3.72. The summed E-state index contributed by atoms with van der Waals surface area (Å²) >= 11 is 0. The average molecular weight is 299 g/mol. The van der Waals surface area contributed by atoms with Crippen molar-refractivity contribution in [2.75, 3.05) is 11.8 Å². The van der Waals surface area contributed by atoms with E-state index in [1.54, 1.807) is 16.9 Å². The second-order valence-electron chi connectivity index (χ2n) is 4.55. The molecule has 1 aromatic carbocycles. The Kier molecular flexibility index (Phi) is 4.46. The Morgan fingerprint density at radius 2 is 1.95 bits per heavy atom. The number of ether oxygens (including phenoxy) is 1. The van der Waals surface area contributed by atoms with Gasteiger partial charge in [-0.15, -0.1) is 0 Å². The molecule has 0 unspecified atom stereocenters. The van der Waals surface area contributed by atoms with Crippen LogP contribution >= 0.6 is 0 Å². The molecule has 1 aliphatic rings. The van der Waals surface area contributed by atoms with Crippen molar-refractivity contribution in [3.05, 3.63) is 29.8 Å². The maximum absolute atomic E-state index is 11.5. The van der Waals surface area contributed by atoms with E-state index >= 15 is 0 Å². The molecule has 0 aliphatic heterocycles. The van der Waals surface area contributed by atoms with Crippen LogP contribution in [0.2, 0.25) is 0 Å². The van der Waals surface area contributed by atoms with Gasteiger partial charge in [-0.05, 0) is 30.5 Å². The third-order valence-electron chi connectivity index (χ3n) is 2.78. The van der Waals surface area contributed by atoms with Crippen LogP contribution in [0.3, 0.4) is 0 Å². The average Bonchev–Trinajstić information content (AvgIpc) is 3.21. The van der Waals surface area contributed by atoms with Gasteiger partial charge in [0.25, 0.3) is 0 Å². The largest absolute Gasteiger partial charge is 0.452 e. The van der Waals surface area contributed by atoms with E-state index < -0.39 is 16.3 Å². The molecule has 0 bridgehead atoms. The van der Waals surface area contributed by atoms with Crippen molar-refractivity contribution in [3.63, 3.8) is 0 Å². The van der Waals surface area contributed by atoms with Gasteiger partial charge in [0.1, 0.15) is 0 Å². The molecular formula is C12H17N3O4S. The van der Waals surface area contributed by atoms with Crippen LogP contribution in [0.4, 0.5) is 10.5 Å². The van der Waals surface area contributed by atoms with Crippen LogP contribution in [0.15, 0.2) is 24.3 Å². The molecule has 8 heteroatoms. The zero-order chi connectivity index (χ0) is 14.6. The number of amides is 1. The molecule has 1 aromatic rings. The molecule has 0 heterocycles. The summed E-state index contributed by atoms with van der Waals surface area (Å²) in [6.45, 7) is 0.762. The van der Waals surface area contributed by atoms with Crippen LogP contribution in [0, 0.1) is 0 Å². The summed E-state index contributed by atoms with van der Waals surface area (Å²) < 4.78 is 31.2. The summed E-state index contributed by atoms with van der Waals surface area (Å²) in [5, 5.41) is 3.36. The number of carbonyl (C=O) groups excluding carboxylic acids is 1. The third kappa shape index (κ3) is 4.71. The first-order chi connectivity index (χ1) is 9.48. The van der Waals surface area contributed by atoms with Gasteiger partial charge in [-0.25, -0.2) is 9.52 Å². The van der Waals surface area contributed by atoms with E-state index in [9.17, 15) is 13.2 Å². The van der Waals surface area contributed by atoms with Crippen LogP contribution in [0.5, 0.6) is 0 Å². The fraction of sp³-hybridized carbons (Fsp3) is 0.417. The van der Waals surface area contributed by atoms with E-state index in [-0.39, 0.29) is 0 Å². The minimum absolute atomic E-state index is 0.372. The predicted molar refractivity (Wildman–Crippen MR) is 74.4 cm³/mol. The Morgan fingerprint density at radius 3 is 2.50 bits per heavy atom. The van der Waals surface area contributed by atoms with Gasteiger partial charge in [-0.2, -0.15) is 8.42 Å². The molecule has 0 aromatic heterocycles. The summed E-state index contributed by atoms with van der Waals surface area (Å²) in [6, 6.07) is 7.55. The van der Waals surface area contributed by atoms with Crippen molar-refractivity contribution in [3.8, 4) is 0 Å². The fourth-order valence-corrected chi connectivity index (χ4v) is 2.37. The quantitative estimate of drug-likeness (QED) is 0.727. The molecule has 1 aliphatic carbocycles. The van der Waals surface area contributed by atoms with Gasteiger partial charge in [0, 0.05) is 12.6 Å². The molecule has 0 atom stereocenters. The molecule has 7 nitrogen and oxygen atoms in total. The second kappa shape index (κ2) is 6.10. The predicted octanol–water partition coefficient (Wildman–Crippen LogP) is 0.951. The molecule has 0 radical (unpaired) electrons.